The van der Waals surface area contributed by atoms with E-state index in [-0.39, 0.29) is 16.5 Å². The minimum atomic E-state index is -3.72. The Morgan fingerprint density at radius 1 is 1.03 bits per heavy atom. The predicted molar refractivity (Wildman–Crippen MR) is 114 cm³/mol. The summed E-state index contributed by atoms with van der Waals surface area (Å²) in [4.78, 5) is 15.1. The zero-order valence-electron chi connectivity index (χ0n) is 16.4. The van der Waals surface area contributed by atoms with E-state index in [2.05, 4.69) is 4.98 Å². The highest BCUT2D eigenvalue weighted by Gasteiger charge is 2.26. The van der Waals surface area contributed by atoms with Crippen molar-refractivity contribution in [3.05, 3.63) is 64.7 Å². The zero-order valence-corrected chi connectivity index (χ0v) is 17.2. The Bertz CT molecular complexity index is 1360. The van der Waals surface area contributed by atoms with Gasteiger partial charge in [-0.3, -0.25) is 10.1 Å². The van der Waals surface area contributed by atoms with Crippen molar-refractivity contribution in [1.82, 2.24) is 9.29 Å². The number of benzene rings is 3. The molecule has 0 N–H and O–H groups in total. The molecular formula is C21H19N3O5S. The quantitative estimate of drug-likeness (QED) is 0.330. The van der Waals surface area contributed by atoms with Crippen LogP contribution in [-0.2, 0) is 10.0 Å². The number of rotatable bonds is 6. The molecule has 0 bridgehead atoms. The zero-order chi connectivity index (χ0) is 21.5. The molecule has 30 heavy (non-hydrogen) atoms. The van der Waals surface area contributed by atoms with Crippen LogP contribution in [0.25, 0.3) is 33.3 Å². The normalized spacial score (nSPS) is 12.1. The van der Waals surface area contributed by atoms with Gasteiger partial charge >= 0.3 is 0 Å². The largest absolute Gasteiger partial charge is 0.436 e. The number of nitro benzene ring substituents is 1. The SMILES string of the molecule is CCN(CC)S(=O)(=O)c1cc2oc(-c3ccc([N+](=O)[O-])cc3)nc2c2ccccc12. The molecule has 3 aromatic carbocycles. The van der Waals surface area contributed by atoms with Gasteiger partial charge in [0.1, 0.15) is 5.52 Å². The first kappa shape index (κ1) is 20.0. The first-order chi connectivity index (χ1) is 14.4. The summed E-state index contributed by atoms with van der Waals surface area (Å²) in [6.45, 7) is 4.30. The molecule has 0 amide bonds. The van der Waals surface area contributed by atoms with E-state index in [0.717, 1.165) is 0 Å². The average Bonchev–Trinajstić information content (AvgIpc) is 3.18. The van der Waals surface area contributed by atoms with Crippen LogP contribution < -0.4 is 0 Å². The highest BCUT2D eigenvalue weighted by Crippen LogP contribution is 2.35. The molecule has 0 aliphatic rings. The van der Waals surface area contributed by atoms with Crippen LogP contribution in [0, 0.1) is 10.1 Å². The first-order valence-corrected chi connectivity index (χ1v) is 10.9. The molecule has 0 atom stereocenters. The summed E-state index contributed by atoms with van der Waals surface area (Å²) >= 11 is 0. The molecule has 4 aromatic rings. The number of oxazole rings is 1. The van der Waals surface area contributed by atoms with Gasteiger partial charge in [-0.25, -0.2) is 13.4 Å². The molecule has 4 rings (SSSR count). The predicted octanol–water partition coefficient (Wildman–Crippen LogP) is 4.59. The Labute approximate surface area is 172 Å². The lowest BCUT2D eigenvalue weighted by molar-refractivity contribution is -0.384. The number of hydrogen-bond donors (Lipinski definition) is 0. The van der Waals surface area contributed by atoms with Crippen molar-refractivity contribution in [2.75, 3.05) is 13.1 Å². The minimum Gasteiger partial charge on any atom is -0.436 e. The molecule has 9 heteroatoms. The number of nitro groups is 1. The highest BCUT2D eigenvalue weighted by molar-refractivity contribution is 7.89. The molecule has 0 saturated heterocycles. The molecule has 0 unspecified atom stereocenters. The van der Waals surface area contributed by atoms with Crippen molar-refractivity contribution in [1.29, 1.82) is 0 Å². The Kier molecular flexibility index (Phi) is 5.00. The van der Waals surface area contributed by atoms with Crippen LogP contribution in [-0.4, -0.2) is 35.7 Å². The second-order valence-corrected chi connectivity index (χ2v) is 8.59. The van der Waals surface area contributed by atoms with Crippen LogP contribution >= 0.6 is 0 Å². The summed E-state index contributed by atoms with van der Waals surface area (Å²) < 4.78 is 33.7. The fraction of sp³-hybridized carbons (Fsp3) is 0.190. The van der Waals surface area contributed by atoms with Gasteiger partial charge < -0.3 is 4.42 Å². The Balaban J connectivity index is 1.95. The monoisotopic (exact) mass is 425 g/mol. The van der Waals surface area contributed by atoms with E-state index in [1.807, 2.05) is 6.07 Å². The second kappa shape index (κ2) is 7.51. The summed E-state index contributed by atoms with van der Waals surface area (Å²) in [7, 11) is -3.72. The first-order valence-electron chi connectivity index (χ1n) is 9.44. The molecule has 1 heterocycles. The van der Waals surface area contributed by atoms with Gasteiger partial charge in [0.15, 0.2) is 5.58 Å². The van der Waals surface area contributed by atoms with Crippen LogP contribution in [0.5, 0.6) is 0 Å². The number of aromatic nitrogens is 1. The van der Waals surface area contributed by atoms with Gasteiger partial charge in [-0.05, 0) is 12.1 Å². The number of non-ortho nitro benzene ring substituents is 1. The fourth-order valence-electron chi connectivity index (χ4n) is 3.49. The van der Waals surface area contributed by atoms with E-state index in [1.165, 1.54) is 22.5 Å². The van der Waals surface area contributed by atoms with Gasteiger partial charge in [0.2, 0.25) is 15.9 Å². The van der Waals surface area contributed by atoms with Gasteiger partial charge in [-0.2, -0.15) is 4.31 Å². The molecule has 154 valence electrons. The maximum atomic E-state index is 13.2. The summed E-state index contributed by atoms with van der Waals surface area (Å²) in [5, 5.41) is 12.1. The lowest BCUT2D eigenvalue weighted by Crippen LogP contribution is -2.30. The smallest absolute Gasteiger partial charge is 0.269 e. The topological polar surface area (TPSA) is 107 Å². The van der Waals surface area contributed by atoms with Gasteiger partial charge in [-0.15, -0.1) is 0 Å². The van der Waals surface area contributed by atoms with Gasteiger partial charge in [0.05, 0.1) is 9.82 Å². The summed E-state index contributed by atoms with van der Waals surface area (Å²) in [6.07, 6.45) is 0. The minimum absolute atomic E-state index is 0.0343. The molecule has 0 aliphatic carbocycles. The van der Waals surface area contributed by atoms with E-state index in [4.69, 9.17) is 4.42 Å². The van der Waals surface area contributed by atoms with E-state index in [1.54, 1.807) is 44.2 Å². The Morgan fingerprint density at radius 2 is 1.67 bits per heavy atom. The van der Waals surface area contributed by atoms with Crippen molar-refractivity contribution in [3.8, 4) is 11.5 Å². The number of nitrogens with zero attached hydrogens (tertiary/aromatic N) is 3. The van der Waals surface area contributed by atoms with Crippen LogP contribution in [0.15, 0.2) is 63.9 Å². The third kappa shape index (κ3) is 3.21. The summed E-state index contributed by atoms with van der Waals surface area (Å²) in [5.74, 6) is 0.266. The van der Waals surface area contributed by atoms with E-state index in [9.17, 15) is 18.5 Å². The second-order valence-electron chi connectivity index (χ2n) is 6.68. The van der Waals surface area contributed by atoms with Crippen molar-refractivity contribution in [3.63, 3.8) is 0 Å². The van der Waals surface area contributed by atoms with E-state index < -0.39 is 14.9 Å². The third-order valence-corrected chi connectivity index (χ3v) is 7.10. The third-order valence-electron chi connectivity index (χ3n) is 5.01. The number of sulfonamides is 1. The Morgan fingerprint density at radius 3 is 2.27 bits per heavy atom. The average molecular weight is 425 g/mol. The number of fused-ring (bicyclic) bond motifs is 3. The lowest BCUT2D eigenvalue weighted by Gasteiger charge is -2.19. The molecule has 8 nitrogen and oxygen atoms in total. The number of hydrogen-bond acceptors (Lipinski definition) is 6. The highest BCUT2D eigenvalue weighted by atomic mass is 32.2. The van der Waals surface area contributed by atoms with Crippen LogP contribution in [0.1, 0.15) is 13.8 Å². The van der Waals surface area contributed by atoms with Crippen molar-refractivity contribution >= 4 is 37.6 Å². The van der Waals surface area contributed by atoms with E-state index in [0.29, 0.717) is 40.5 Å². The molecular weight excluding hydrogens is 406 g/mol. The van der Waals surface area contributed by atoms with Crippen LogP contribution in [0.4, 0.5) is 5.69 Å². The van der Waals surface area contributed by atoms with Gasteiger partial charge in [-0.1, -0.05) is 38.1 Å². The summed E-state index contributed by atoms with van der Waals surface area (Å²) in [6, 6.07) is 14.5. The van der Waals surface area contributed by atoms with Gasteiger partial charge in [0.25, 0.3) is 5.69 Å². The Hall–Kier alpha value is -3.30. The standard InChI is InChI=1S/C21H19N3O5S/c1-3-23(4-2)30(27,28)19-13-18-20(17-8-6-5-7-16(17)19)22-21(29-18)14-9-11-15(12-10-14)24(25)26/h5-13H,3-4H2,1-2H3. The summed E-state index contributed by atoms with van der Waals surface area (Å²) in [5.41, 5.74) is 1.41. The maximum absolute atomic E-state index is 13.2. The molecule has 0 radical (unpaired) electrons. The van der Waals surface area contributed by atoms with Crippen LogP contribution in [0.3, 0.4) is 0 Å². The van der Waals surface area contributed by atoms with Gasteiger partial charge in [0, 0.05) is 47.6 Å². The van der Waals surface area contributed by atoms with Crippen molar-refractivity contribution in [2.45, 2.75) is 18.7 Å². The van der Waals surface area contributed by atoms with Crippen molar-refractivity contribution < 1.29 is 17.8 Å². The lowest BCUT2D eigenvalue weighted by atomic mass is 10.1. The molecule has 1 aromatic heterocycles. The van der Waals surface area contributed by atoms with E-state index >= 15 is 0 Å². The maximum Gasteiger partial charge on any atom is 0.269 e. The fourth-order valence-corrected chi connectivity index (χ4v) is 5.16. The molecule has 0 spiro atoms. The molecule has 0 fully saturated rings. The van der Waals surface area contributed by atoms with Crippen molar-refractivity contribution in [2.24, 2.45) is 0 Å². The molecule has 0 aliphatic heterocycles. The molecule has 0 saturated carbocycles. The van der Waals surface area contributed by atoms with Crippen LogP contribution in [0.2, 0.25) is 0 Å².